The number of Topliss-reactive ketones (excluding diaryl/α,β-unsaturated/α-hetero) is 1. The summed E-state index contributed by atoms with van der Waals surface area (Å²) in [6.45, 7) is 7.26. The van der Waals surface area contributed by atoms with Crippen molar-refractivity contribution in [2.45, 2.75) is 39.7 Å². The van der Waals surface area contributed by atoms with Crippen molar-refractivity contribution < 1.29 is 14.3 Å². The Bertz CT molecular complexity index is 512. The monoisotopic (exact) mass is 341 g/mol. The van der Waals surface area contributed by atoms with Gasteiger partial charge >= 0.3 is 0 Å². The fraction of sp³-hybridized carbons (Fsp3) is 0.467. The molecule has 1 rings (SSSR count). The van der Waals surface area contributed by atoms with E-state index in [1.54, 1.807) is 18.2 Å². The first-order valence-corrected chi connectivity index (χ1v) is 7.29. The van der Waals surface area contributed by atoms with Crippen molar-refractivity contribution in [3.63, 3.8) is 0 Å². The molecule has 1 aromatic carbocycles. The molecule has 1 aromatic rings. The second-order valence-electron chi connectivity index (χ2n) is 5.27. The number of carbonyl (C=O) groups excluding carboxylic acids is 2. The highest BCUT2D eigenvalue weighted by atomic mass is 79.9. The van der Waals surface area contributed by atoms with Gasteiger partial charge in [-0.15, -0.1) is 0 Å². The summed E-state index contributed by atoms with van der Waals surface area (Å²) in [6, 6.07) is 5.14. The number of halogens is 1. The van der Waals surface area contributed by atoms with Crippen LogP contribution in [0, 0.1) is 0 Å². The second kappa shape index (κ2) is 6.88. The topological polar surface area (TPSA) is 55.4 Å². The van der Waals surface area contributed by atoms with Crippen molar-refractivity contribution >= 4 is 27.6 Å². The van der Waals surface area contributed by atoms with Crippen molar-refractivity contribution in [1.29, 1.82) is 0 Å². The third kappa shape index (κ3) is 4.96. The first-order valence-electron chi connectivity index (χ1n) is 6.49. The molecule has 0 fully saturated rings. The van der Waals surface area contributed by atoms with E-state index >= 15 is 0 Å². The van der Waals surface area contributed by atoms with Gasteiger partial charge in [-0.05, 0) is 45.4 Å². The summed E-state index contributed by atoms with van der Waals surface area (Å²) in [5.74, 6) is 0.120. The normalized spacial score (nSPS) is 11.1. The van der Waals surface area contributed by atoms with E-state index in [0.717, 1.165) is 10.9 Å². The summed E-state index contributed by atoms with van der Waals surface area (Å²) in [7, 11) is 0. The molecule has 110 valence electrons. The molecule has 0 aliphatic carbocycles. The summed E-state index contributed by atoms with van der Waals surface area (Å²) in [6.07, 6.45) is 0.829. The third-order valence-corrected chi connectivity index (χ3v) is 3.53. The van der Waals surface area contributed by atoms with Crippen LogP contribution < -0.4 is 10.1 Å². The maximum absolute atomic E-state index is 11.8. The number of ketones is 1. The number of carbonyl (C=O) groups is 2. The lowest BCUT2D eigenvalue weighted by atomic mass is 10.0. The third-order valence-electron chi connectivity index (χ3n) is 3.04. The molecule has 0 atom stereocenters. The number of rotatable bonds is 6. The zero-order valence-corrected chi connectivity index (χ0v) is 13.8. The first kappa shape index (κ1) is 16.7. The molecular formula is C15H20BrNO3. The maximum Gasteiger partial charge on any atom is 0.258 e. The standard InChI is InChI=1S/C15H20BrNO3/c1-5-15(3,4)17-14(19)9-20-13-7-6-11(16)8-12(13)10(2)18/h6-8H,5,9H2,1-4H3,(H,17,19). The van der Waals surface area contributed by atoms with Crippen LogP contribution in [0.1, 0.15) is 44.5 Å². The first-order chi connectivity index (χ1) is 9.25. The molecule has 4 nitrogen and oxygen atoms in total. The van der Waals surface area contributed by atoms with E-state index < -0.39 is 0 Å². The largest absolute Gasteiger partial charge is 0.483 e. The zero-order valence-electron chi connectivity index (χ0n) is 12.2. The van der Waals surface area contributed by atoms with Crippen LogP contribution in [-0.2, 0) is 4.79 Å². The molecule has 0 radical (unpaired) electrons. The van der Waals surface area contributed by atoms with Gasteiger partial charge in [-0.25, -0.2) is 0 Å². The Morgan fingerprint density at radius 3 is 2.55 bits per heavy atom. The number of hydrogen-bond donors (Lipinski definition) is 1. The Kier molecular flexibility index (Phi) is 5.74. The van der Waals surface area contributed by atoms with Crippen LogP contribution in [0.2, 0.25) is 0 Å². The van der Waals surface area contributed by atoms with Crippen LogP contribution in [-0.4, -0.2) is 23.8 Å². The van der Waals surface area contributed by atoms with Crippen LogP contribution in [0.15, 0.2) is 22.7 Å². The van der Waals surface area contributed by atoms with E-state index in [4.69, 9.17) is 4.74 Å². The van der Waals surface area contributed by atoms with Gasteiger partial charge in [0.2, 0.25) is 0 Å². The van der Waals surface area contributed by atoms with E-state index in [1.165, 1.54) is 6.92 Å². The molecule has 0 saturated heterocycles. The van der Waals surface area contributed by atoms with Crippen molar-refractivity contribution in [2.75, 3.05) is 6.61 Å². The van der Waals surface area contributed by atoms with Crippen molar-refractivity contribution in [3.05, 3.63) is 28.2 Å². The minimum Gasteiger partial charge on any atom is -0.483 e. The summed E-state index contributed by atoms with van der Waals surface area (Å²) >= 11 is 3.31. The smallest absolute Gasteiger partial charge is 0.258 e. The van der Waals surface area contributed by atoms with Gasteiger partial charge in [-0.3, -0.25) is 9.59 Å². The van der Waals surface area contributed by atoms with Gasteiger partial charge in [0, 0.05) is 10.0 Å². The average Bonchev–Trinajstić information content (AvgIpc) is 2.36. The van der Waals surface area contributed by atoms with Gasteiger partial charge < -0.3 is 10.1 Å². The van der Waals surface area contributed by atoms with E-state index in [0.29, 0.717) is 11.3 Å². The fourth-order valence-corrected chi connectivity index (χ4v) is 1.91. The molecule has 0 aromatic heterocycles. The molecule has 1 amide bonds. The average molecular weight is 342 g/mol. The highest BCUT2D eigenvalue weighted by Gasteiger charge is 2.18. The molecule has 1 N–H and O–H groups in total. The quantitative estimate of drug-likeness (QED) is 0.807. The summed E-state index contributed by atoms with van der Waals surface area (Å²) in [5, 5.41) is 2.88. The van der Waals surface area contributed by atoms with E-state index in [1.807, 2.05) is 20.8 Å². The lowest BCUT2D eigenvalue weighted by Crippen LogP contribution is -2.44. The van der Waals surface area contributed by atoms with Gasteiger partial charge in [0.15, 0.2) is 12.4 Å². The van der Waals surface area contributed by atoms with Gasteiger partial charge in [0.25, 0.3) is 5.91 Å². The van der Waals surface area contributed by atoms with Crippen molar-refractivity contribution in [2.24, 2.45) is 0 Å². The Morgan fingerprint density at radius 1 is 1.35 bits per heavy atom. The van der Waals surface area contributed by atoms with Gasteiger partial charge in [0.1, 0.15) is 5.75 Å². The Hall–Kier alpha value is -1.36. The van der Waals surface area contributed by atoms with Crippen LogP contribution in [0.5, 0.6) is 5.75 Å². The van der Waals surface area contributed by atoms with E-state index in [2.05, 4.69) is 21.2 Å². The lowest BCUT2D eigenvalue weighted by molar-refractivity contribution is -0.124. The van der Waals surface area contributed by atoms with Gasteiger partial charge in [-0.2, -0.15) is 0 Å². The van der Waals surface area contributed by atoms with Crippen molar-refractivity contribution in [3.8, 4) is 5.75 Å². The number of ether oxygens (including phenoxy) is 1. The minimum absolute atomic E-state index is 0.101. The van der Waals surface area contributed by atoms with Crippen LogP contribution >= 0.6 is 15.9 Å². The van der Waals surface area contributed by atoms with Crippen LogP contribution in [0.3, 0.4) is 0 Å². The lowest BCUT2D eigenvalue weighted by Gasteiger charge is -2.24. The molecule has 0 aliphatic heterocycles. The minimum atomic E-state index is -0.260. The molecule has 0 heterocycles. The SMILES string of the molecule is CCC(C)(C)NC(=O)COc1ccc(Br)cc1C(C)=O. The van der Waals surface area contributed by atoms with Crippen LogP contribution in [0.25, 0.3) is 0 Å². The second-order valence-corrected chi connectivity index (χ2v) is 6.19. The van der Waals surface area contributed by atoms with Crippen LogP contribution in [0.4, 0.5) is 0 Å². The van der Waals surface area contributed by atoms with E-state index in [-0.39, 0.29) is 23.8 Å². The van der Waals surface area contributed by atoms with Gasteiger partial charge in [-0.1, -0.05) is 22.9 Å². The molecule has 0 spiro atoms. The molecule has 5 heteroatoms. The number of nitrogens with one attached hydrogen (secondary N) is 1. The Morgan fingerprint density at radius 2 is 2.00 bits per heavy atom. The fourth-order valence-electron chi connectivity index (χ4n) is 1.55. The molecule has 0 saturated carbocycles. The predicted octanol–water partition coefficient (Wildman–Crippen LogP) is 3.34. The summed E-state index contributed by atoms with van der Waals surface area (Å²) in [4.78, 5) is 23.3. The molecule has 20 heavy (non-hydrogen) atoms. The number of hydrogen-bond acceptors (Lipinski definition) is 3. The Balaban J connectivity index is 2.71. The van der Waals surface area contributed by atoms with Gasteiger partial charge in [0.05, 0.1) is 5.56 Å². The maximum atomic E-state index is 11.8. The highest BCUT2D eigenvalue weighted by molar-refractivity contribution is 9.10. The summed E-state index contributed by atoms with van der Waals surface area (Å²) < 4.78 is 6.25. The molecule has 0 aliphatic rings. The number of amides is 1. The zero-order chi connectivity index (χ0) is 15.3. The number of benzene rings is 1. The molecule has 0 unspecified atom stereocenters. The predicted molar refractivity (Wildman–Crippen MR) is 82.2 cm³/mol. The van der Waals surface area contributed by atoms with E-state index in [9.17, 15) is 9.59 Å². The summed E-state index contributed by atoms with van der Waals surface area (Å²) in [5.41, 5.74) is 0.200. The Labute approximate surface area is 128 Å². The molecule has 0 bridgehead atoms. The molecular weight excluding hydrogens is 322 g/mol. The highest BCUT2D eigenvalue weighted by Crippen LogP contribution is 2.23. The van der Waals surface area contributed by atoms with Crippen molar-refractivity contribution in [1.82, 2.24) is 5.32 Å².